The first-order valence-corrected chi connectivity index (χ1v) is 7.81. The number of nitrogen functional groups attached to an aromatic ring is 2. The van der Waals surface area contributed by atoms with Crippen molar-refractivity contribution in [3.05, 3.63) is 71.8 Å². The molecule has 0 fully saturated rings. The van der Waals surface area contributed by atoms with Crippen LogP contribution in [0.25, 0.3) is 0 Å². The quantitative estimate of drug-likeness (QED) is 0.436. The summed E-state index contributed by atoms with van der Waals surface area (Å²) >= 11 is 0. The molecule has 0 saturated heterocycles. The van der Waals surface area contributed by atoms with E-state index in [2.05, 4.69) is 0 Å². The predicted molar refractivity (Wildman–Crippen MR) is 93.2 cm³/mol. The maximum absolute atomic E-state index is 14.0. The lowest BCUT2D eigenvalue weighted by molar-refractivity contribution is -0.138. The summed E-state index contributed by atoms with van der Waals surface area (Å²) in [5, 5.41) is 0. The zero-order valence-corrected chi connectivity index (χ0v) is 14.1. The SMILES string of the molecule is Nc1cccc(Oc2ccc(C(F)(F)F)c(Oc3cccc(N)c3F)c2)c1F. The average molecular weight is 396 g/mol. The number of rotatable bonds is 4. The van der Waals surface area contributed by atoms with E-state index < -0.39 is 34.9 Å². The Labute approximate surface area is 156 Å². The maximum atomic E-state index is 14.0. The van der Waals surface area contributed by atoms with Crippen LogP contribution in [0.3, 0.4) is 0 Å². The van der Waals surface area contributed by atoms with Crippen LogP contribution in [-0.2, 0) is 6.18 Å². The van der Waals surface area contributed by atoms with Crippen molar-refractivity contribution in [1.29, 1.82) is 0 Å². The Balaban J connectivity index is 2.02. The molecule has 0 aliphatic heterocycles. The molecule has 0 amide bonds. The highest BCUT2D eigenvalue weighted by atomic mass is 19.4. The molecule has 0 radical (unpaired) electrons. The second-order valence-electron chi connectivity index (χ2n) is 5.68. The van der Waals surface area contributed by atoms with E-state index in [1.54, 1.807) is 0 Å². The minimum absolute atomic E-state index is 0.170. The first kappa shape index (κ1) is 19.3. The van der Waals surface area contributed by atoms with Crippen LogP contribution in [0.1, 0.15) is 5.56 Å². The van der Waals surface area contributed by atoms with Gasteiger partial charge in [0.15, 0.2) is 23.1 Å². The molecular formula is C19H13F5N2O2. The number of nitrogens with two attached hydrogens (primary N) is 2. The molecule has 0 saturated carbocycles. The van der Waals surface area contributed by atoms with Crippen LogP contribution in [-0.4, -0.2) is 0 Å². The Kier molecular flexibility index (Phi) is 5.00. The number of anilines is 2. The fourth-order valence-electron chi connectivity index (χ4n) is 2.34. The second-order valence-corrected chi connectivity index (χ2v) is 5.68. The van der Waals surface area contributed by atoms with Gasteiger partial charge < -0.3 is 20.9 Å². The first-order chi connectivity index (χ1) is 13.2. The zero-order chi connectivity index (χ0) is 20.5. The summed E-state index contributed by atoms with van der Waals surface area (Å²) in [6.07, 6.45) is -4.78. The van der Waals surface area contributed by atoms with Gasteiger partial charge in [-0.15, -0.1) is 0 Å². The number of alkyl halides is 3. The van der Waals surface area contributed by atoms with E-state index in [0.29, 0.717) is 6.07 Å². The third kappa shape index (κ3) is 3.93. The summed E-state index contributed by atoms with van der Waals surface area (Å²) in [6.45, 7) is 0. The highest BCUT2D eigenvalue weighted by Crippen LogP contribution is 2.42. The molecular weight excluding hydrogens is 383 g/mol. The van der Waals surface area contributed by atoms with E-state index in [1.165, 1.54) is 30.3 Å². The second kappa shape index (κ2) is 7.26. The minimum Gasteiger partial charge on any atom is -0.454 e. The Morgan fingerprint density at radius 1 is 0.679 bits per heavy atom. The number of benzene rings is 3. The van der Waals surface area contributed by atoms with Crippen molar-refractivity contribution in [2.75, 3.05) is 11.5 Å². The van der Waals surface area contributed by atoms with E-state index in [0.717, 1.165) is 18.2 Å². The van der Waals surface area contributed by atoms with Gasteiger partial charge in [0.25, 0.3) is 0 Å². The van der Waals surface area contributed by atoms with Crippen molar-refractivity contribution >= 4 is 11.4 Å². The Bertz CT molecular complexity index is 1020. The van der Waals surface area contributed by atoms with Gasteiger partial charge in [0.05, 0.1) is 16.9 Å². The van der Waals surface area contributed by atoms with Crippen LogP contribution >= 0.6 is 0 Å². The van der Waals surface area contributed by atoms with Gasteiger partial charge in [0.1, 0.15) is 11.5 Å². The number of hydrogen-bond acceptors (Lipinski definition) is 4. The summed E-state index contributed by atoms with van der Waals surface area (Å²) in [6, 6.07) is 10.2. The van der Waals surface area contributed by atoms with Gasteiger partial charge in [-0.3, -0.25) is 0 Å². The van der Waals surface area contributed by atoms with Crippen LogP contribution in [0.5, 0.6) is 23.0 Å². The molecule has 9 heteroatoms. The summed E-state index contributed by atoms with van der Waals surface area (Å²) in [4.78, 5) is 0. The van der Waals surface area contributed by atoms with Gasteiger partial charge >= 0.3 is 6.18 Å². The minimum atomic E-state index is -4.78. The van der Waals surface area contributed by atoms with Crippen molar-refractivity contribution in [1.82, 2.24) is 0 Å². The summed E-state index contributed by atoms with van der Waals surface area (Å²) in [5.74, 6) is -3.58. The van der Waals surface area contributed by atoms with E-state index in [-0.39, 0.29) is 22.9 Å². The van der Waals surface area contributed by atoms with Crippen LogP contribution in [0, 0.1) is 11.6 Å². The van der Waals surface area contributed by atoms with Crippen molar-refractivity contribution in [3.8, 4) is 23.0 Å². The van der Waals surface area contributed by atoms with Crippen molar-refractivity contribution < 1.29 is 31.4 Å². The van der Waals surface area contributed by atoms with Crippen molar-refractivity contribution in [2.45, 2.75) is 6.18 Å². The standard InChI is InChI=1S/C19H13F5N2O2/c20-17-12(25)3-1-5-14(17)27-10-7-8-11(19(22,23)24)16(9-10)28-15-6-2-4-13(26)18(15)21/h1-9H,25-26H2. The fraction of sp³-hybridized carbons (Fsp3) is 0.0526. The maximum Gasteiger partial charge on any atom is 0.419 e. The highest BCUT2D eigenvalue weighted by Gasteiger charge is 2.35. The molecule has 28 heavy (non-hydrogen) atoms. The van der Waals surface area contributed by atoms with Gasteiger partial charge in [-0.2, -0.15) is 13.2 Å². The number of hydrogen-bond donors (Lipinski definition) is 2. The summed E-state index contributed by atoms with van der Waals surface area (Å²) < 4.78 is 78.3. The predicted octanol–water partition coefficient (Wildman–Crippen LogP) is 5.73. The molecule has 0 atom stereocenters. The van der Waals surface area contributed by atoms with Crippen LogP contribution in [0.4, 0.5) is 33.3 Å². The third-order valence-corrected chi connectivity index (χ3v) is 3.69. The summed E-state index contributed by atoms with van der Waals surface area (Å²) in [5.41, 5.74) is 9.19. The van der Waals surface area contributed by atoms with Gasteiger partial charge in [-0.25, -0.2) is 8.78 Å². The van der Waals surface area contributed by atoms with Crippen LogP contribution in [0.15, 0.2) is 54.6 Å². The molecule has 0 aliphatic carbocycles. The zero-order valence-electron chi connectivity index (χ0n) is 14.1. The molecule has 4 nitrogen and oxygen atoms in total. The molecule has 0 aliphatic rings. The molecule has 0 heterocycles. The van der Waals surface area contributed by atoms with Gasteiger partial charge in [0, 0.05) is 6.07 Å². The normalized spacial score (nSPS) is 11.3. The summed E-state index contributed by atoms with van der Waals surface area (Å²) in [7, 11) is 0. The number of halogens is 5. The average Bonchev–Trinajstić information content (AvgIpc) is 2.62. The monoisotopic (exact) mass is 396 g/mol. The topological polar surface area (TPSA) is 70.5 Å². The Morgan fingerprint density at radius 3 is 1.75 bits per heavy atom. The van der Waals surface area contributed by atoms with Crippen molar-refractivity contribution in [2.24, 2.45) is 0 Å². The van der Waals surface area contributed by atoms with Crippen LogP contribution in [0.2, 0.25) is 0 Å². The molecule has 3 aromatic rings. The molecule has 0 aromatic heterocycles. The lowest BCUT2D eigenvalue weighted by Gasteiger charge is -2.16. The Morgan fingerprint density at radius 2 is 1.21 bits per heavy atom. The molecule has 4 N–H and O–H groups in total. The smallest absolute Gasteiger partial charge is 0.419 e. The van der Waals surface area contributed by atoms with E-state index in [4.69, 9.17) is 20.9 Å². The van der Waals surface area contributed by atoms with Gasteiger partial charge in [0.2, 0.25) is 0 Å². The van der Waals surface area contributed by atoms with Gasteiger partial charge in [-0.05, 0) is 36.4 Å². The van der Waals surface area contributed by atoms with E-state index in [9.17, 15) is 22.0 Å². The molecule has 0 unspecified atom stereocenters. The number of ether oxygens (including phenoxy) is 2. The van der Waals surface area contributed by atoms with E-state index in [1.807, 2.05) is 0 Å². The van der Waals surface area contributed by atoms with Crippen LogP contribution < -0.4 is 20.9 Å². The van der Waals surface area contributed by atoms with Gasteiger partial charge in [-0.1, -0.05) is 12.1 Å². The lowest BCUT2D eigenvalue weighted by atomic mass is 10.1. The molecule has 0 bridgehead atoms. The highest BCUT2D eigenvalue weighted by molar-refractivity contribution is 5.51. The Hall–Kier alpha value is -3.49. The largest absolute Gasteiger partial charge is 0.454 e. The molecule has 0 spiro atoms. The lowest BCUT2D eigenvalue weighted by Crippen LogP contribution is -2.08. The molecule has 3 aromatic carbocycles. The molecule has 3 rings (SSSR count). The fourth-order valence-corrected chi connectivity index (χ4v) is 2.34. The van der Waals surface area contributed by atoms with E-state index >= 15 is 0 Å². The molecule has 146 valence electrons. The first-order valence-electron chi connectivity index (χ1n) is 7.81. The van der Waals surface area contributed by atoms with Crippen molar-refractivity contribution in [3.63, 3.8) is 0 Å². The third-order valence-electron chi connectivity index (χ3n) is 3.69.